The Labute approximate surface area is 161 Å². The molecule has 9 heteroatoms. The Bertz CT molecular complexity index is 1050. The number of para-hydroxylation sites is 1. The molecule has 3 aromatic rings. The van der Waals surface area contributed by atoms with Crippen LogP contribution in [0.15, 0.2) is 47.7 Å². The molecule has 1 amide bonds. The molecular weight excluding hydrogens is 362 g/mol. The van der Waals surface area contributed by atoms with Crippen LogP contribution in [0, 0.1) is 0 Å². The highest BCUT2D eigenvalue weighted by molar-refractivity contribution is 5.97. The van der Waals surface area contributed by atoms with Crippen LogP contribution in [0.2, 0.25) is 0 Å². The number of carbonyl (C=O) groups is 1. The molecule has 0 aliphatic carbocycles. The van der Waals surface area contributed by atoms with Crippen molar-refractivity contribution in [3.63, 3.8) is 0 Å². The monoisotopic (exact) mass is 381 g/mol. The van der Waals surface area contributed by atoms with Gasteiger partial charge < -0.3 is 14.8 Å². The van der Waals surface area contributed by atoms with Gasteiger partial charge in [-0.05, 0) is 18.2 Å². The molecule has 0 fully saturated rings. The third-order valence-corrected chi connectivity index (χ3v) is 4.13. The van der Waals surface area contributed by atoms with Gasteiger partial charge in [-0.2, -0.15) is 0 Å². The molecular formula is C19H19N5O4. The third kappa shape index (κ3) is 3.83. The van der Waals surface area contributed by atoms with E-state index in [1.54, 1.807) is 37.5 Å². The van der Waals surface area contributed by atoms with Crippen LogP contribution in [0.3, 0.4) is 0 Å². The van der Waals surface area contributed by atoms with Crippen LogP contribution in [0.25, 0.3) is 11.4 Å². The van der Waals surface area contributed by atoms with Crippen LogP contribution in [0.5, 0.6) is 11.5 Å². The molecule has 2 heterocycles. The summed E-state index contributed by atoms with van der Waals surface area (Å²) in [6.45, 7) is 0.0455. The predicted molar refractivity (Wildman–Crippen MR) is 101 cm³/mol. The van der Waals surface area contributed by atoms with Crippen LogP contribution in [0.4, 0.5) is 0 Å². The normalized spacial score (nSPS) is 10.4. The predicted octanol–water partition coefficient (Wildman–Crippen LogP) is 1.18. The number of hydrogen-bond acceptors (Lipinski definition) is 7. The zero-order valence-electron chi connectivity index (χ0n) is 15.7. The molecule has 144 valence electrons. The molecule has 0 radical (unpaired) electrons. The van der Waals surface area contributed by atoms with E-state index in [2.05, 4.69) is 20.3 Å². The first-order valence-electron chi connectivity index (χ1n) is 8.37. The molecule has 1 aromatic carbocycles. The lowest BCUT2D eigenvalue weighted by molar-refractivity contribution is 0.0945. The van der Waals surface area contributed by atoms with Gasteiger partial charge in [0.25, 0.3) is 11.5 Å². The first-order valence-corrected chi connectivity index (χ1v) is 8.37. The molecule has 28 heavy (non-hydrogen) atoms. The SMILES string of the molecule is COc1cccc(C(=O)NCc2nc(-c3ccncn3)cc(=O)n2C)c1OC. The quantitative estimate of drug-likeness (QED) is 0.683. The van der Waals surface area contributed by atoms with Crippen LogP contribution in [0.1, 0.15) is 16.2 Å². The Morgan fingerprint density at radius 2 is 2.00 bits per heavy atom. The smallest absolute Gasteiger partial charge is 0.255 e. The summed E-state index contributed by atoms with van der Waals surface area (Å²) in [6.07, 6.45) is 2.95. The summed E-state index contributed by atoms with van der Waals surface area (Å²) in [5, 5.41) is 2.76. The highest BCUT2D eigenvalue weighted by atomic mass is 16.5. The maximum atomic E-state index is 12.6. The average Bonchev–Trinajstić information content (AvgIpc) is 2.74. The summed E-state index contributed by atoms with van der Waals surface area (Å²) in [6, 6.07) is 8.07. The van der Waals surface area contributed by atoms with Crippen LogP contribution in [-0.2, 0) is 13.6 Å². The Hall–Kier alpha value is -3.75. The number of aromatic nitrogens is 4. The number of nitrogens with zero attached hydrogens (tertiary/aromatic N) is 4. The molecule has 1 N–H and O–H groups in total. The number of amides is 1. The van der Waals surface area contributed by atoms with Crippen molar-refractivity contribution in [3.8, 4) is 22.9 Å². The highest BCUT2D eigenvalue weighted by Crippen LogP contribution is 2.30. The van der Waals surface area contributed by atoms with Gasteiger partial charge in [0.05, 0.1) is 37.7 Å². The number of hydrogen-bond donors (Lipinski definition) is 1. The fourth-order valence-corrected chi connectivity index (χ4v) is 2.64. The minimum Gasteiger partial charge on any atom is -0.493 e. The molecule has 0 saturated carbocycles. The minimum atomic E-state index is -0.377. The Morgan fingerprint density at radius 1 is 1.18 bits per heavy atom. The van der Waals surface area contributed by atoms with Crippen molar-refractivity contribution in [2.24, 2.45) is 7.05 Å². The van der Waals surface area contributed by atoms with Gasteiger partial charge in [0.1, 0.15) is 12.2 Å². The third-order valence-electron chi connectivity index (χ3n) is 4.13. The van der Waals surface area contributed by atoms with Crippen molar-refractivity contribution >= 4 is 5.91 Å². The van der Waals surface area contributed by atoms with E-state index in [4.69, 9.17) is 9.47 Å². The second kappa shape index (κ2) is 8.30. The average molecular weight is 381 g/mol. The summed E-state index contributed by atoms with van der Waals surface area (Å²) < 4.78 is 11.9. The highest BCUT2D eigenvalue weighted by Gasteiger charge is 2.17. The molecule has 0 unspecified atom stereocenters. The number of methoxy groups -OCH3 is 2. The lowest BCUT2D eigenvalue weighted by Gasteiger charge is -2.13. The molecule has 9 nitrogen and oxygen atoms in total. The maximum Gasteiger partial charge on any atom is 0.255 e. The number of nitrogens with one attached hydrogen (secondary N) is 1. The van der Waals surface area contributed by atoms with E-state index in [9.17, 15) is 9.59 Å². The second-order valence-electron chi connectivity index (χ2n) is 5.77. The van der Waals surface area contributed by atoms with E-state index in [0.717, 1.165) is 0 Å². The van der Waals surface area contributed by atoms with Gasteiger partial charge >= 0.3 is 0 Å². The minimum absolute atomic E-state index is 0.0455. The van der Waals surface area contributed by atoms with Gasteiger partial charge in [0.2, 0.25) is 0 Å². The van der Waals surface area contributed by atoms with E-state index in [-0.39, 0.29) is 18.0 Å². The lowest BCUT2D eigenvalue weighted by atomic mass is 10.1. The van der Waals surface area contributed by atoms with Gasteiger partial charge in [-0.15, -0.1) is 0 Å². The number of rotatable bonds is 6. The zero-order chi connectivity index (χ0) is 20.1. The van der Waals surface area contributed by atoms with Crippen molar-refractivity contribution in [2.75, 3.05) is 14.2 Å². The largest absolute Gasteiger partial charge is 0.493 e. The van der Waals surface area contributed by atoms with Crippen LogP contribution >= 0.6 is 0 Å². The summed E-state index contributed by atoms with van der Waals surface area (Å²) in [5.74, 6) is 0.791. The molecule has 0 aliphatic rings. The van der Waals surface area contributed by atoms with E-state index in [1.165, 1.54) is 31.2 Å². The maximum absolute atomic E-state index is 12.6. The Balaban J connectivity index is 1.86. The topological polar surface area (TPSA) is 108 Å². The molecule has 3 rings (SSSR count). The lowest BCUT2D eigenvalue weighted by Crippen LogP contribution is -2.29. The molecule has 2 aromatic heterocycles. The van der Waals surface area contributed by atoms with Crippen molar-refractivity contribution in [2.45, 2.75) is 6.54 Å². The first-order chi connectivity index (χ1) is 13.5. The summed E-state index contributed by atoms with van der Waals surface area (Å²) in [5.41, 5.74) is 0.995. The molecule has 0 atom stereocenters. The van der Waals surface area contributed by atoms with Crippen molar-refractivity contribution in [1.82, 2.24) is 24.8 Å². The number of benzene rings is 1. The molecule has 0 aliphatic heterocycles. The van der Waals surface area contributed by atoms with Crippen molar-refractivity contribution in [3.05, 3.63) is 64.6 Å². The van der Waals surface area contributed by atoms with Crippen molar-refractivity contribution in [1.29, 1.82) is 0 Å². The molecule has 0 spiro atoms. The zero-order valence-corrected chi connectivity index (χ0v) is 15.7. The van der Waals surface area contributed by atoms with Gasteiger partial charge in [-0.1, -0.05) is 6.07 Å². The van der Waals surface area contributed by atoms with Crippen LogP contribution in [-0.4, -0.2) is 39.6 Å². The second-order valence-corrected chi connectivity index (χ2v) is 5.77. The summed E-state index contributed by atoms with van der Waals surface area (Å²) >= 11 is 0. The van der Waals surface area contributed by atoms with Gasteiger partial charge in [-0.3, -0.25) is 14.2 Å². The number of carbonyl (C=O) groups excluding carboxylic acids is 1. The van der Waals surface area contributed by atoms with E-state index >= 15 is 0 Å². The Kier molecular flexibility index (Phi) is 5.64. The van der Waals surface area contributed by atoms with Crippen LogP contribution < -0.4 is 20.3 Å². The number of ether oxygens (including phenoxy) is 2. The molecule has 0 saturated heterocycles. The Morgan fingerprint density at radius 3 is 2.68 bits per heavy atom. The summed E-state index contributed by atoms with van der Waals surface area (Å²) in [7, 11) is 4.55. The van der Waals surface area contributed by atoms with E-state index in [1.807, 2.05) is 0 Å². The standard InChI is InChI=1S/C19H19N5O4/c1-24-16(23-14(9-17(24)25)13-7-8-20-11-22-13)10-21-19(26)12-5-4-6-15(27-2)18(12)28-3/h4-9,11H,10H2,1-3H3,(H,21,26). The van der Waals surface area contributed by atoms with Crippen molar-refractivity contribution < 1.29 is 14.3 Å². The van der Waals surface area contributed by atoms with E-state index in [0.29, 0.717) is 34.3 Å². The van der Waals surface area contributed by atoms with Gasteiger partial charge in [0, 0.05) is 19.3 Å². The fourth-order valence-electron chi connectivity index (χ4n) is 2.64. The summed E-state index contributed by atoms with van der Waals surface area (Å²) in [4.78, 5) is 37.3. The van der Waals surface area contributed by atoms with Gasteiger partial charge in [-0.25, -0.2) is 15.0 Å². The first kappa shape index (κ1) is 19.0. The molecule has 0 bridgehead atoms. The van der Waals surface area contributed by atoms with E-state index < -0.39 is 0 Å². The van der Waals surface area contributed by atoms with Gasteiger partial charge in [0.15, 0.2) is 11.5 Å². The fraction of sp³-hybridized carbons (Fsp3) is 0.211.